The lowest BCUT2D eigenvalue weighted by Gasteiger charge is -2.42. The molecule has 1 unspecified atom stereocenters. The second-order valence-corrected chi connectivity index (χ2v) is 6.84. The van der Waals surface area contributed by atoms with Crippen LogP contribution in [0.15, 0.2) is 0 Å². The van der Waals surface area contributed by atoms with Crippen molar-refractivity contribution in [3.63, 3.8) is 0 Å². The van der Waals surface area contributed by atoms with Gasteiger partial charge in [-0.1, -0.05) is 6.92 Å². The maximum Gasteiger partial charge on any atom is 0.253 e. The van der Waals surface area contributed by atoms with Crippen LogP contribution in [0.4, 0.5) is 0 Å². The number of halogens is 2. The molecule has 1 atom stereocenters. The molecule has 0 aromatic heterocycles. The zero-order valence-corrected chi connectivity index (χ0v) is 15.7. The number of amides is 1. The summed E-state index contributed by atoms with van der Waals surface area (Å²) in [6.07, 6.45) is 5.15. The molecule has 5 nitrogen and oxygen atoms in total. The smallest absolute Gasteiger partial charge is 0.253 e. The highest BCUT2D eigenvalue weighted by Crippen LogP contribution is 2.27. The number of rotatable bonds is 2. The van der Waals surface area contributed by atoms with Crippen LogP contribution in [0.5, 0.6) is 0 Å². The third-order valence-corrected chi connectivity index (χ3v) is 5.33. The number of ether oxygens (including phenoxy) is 1. The molecule has 2 aliphatic heterocycles. The van der Waals surface area contributed by atoms with Gasteiger partial charge in [0.25, 0.3) is 5.91 Å². The van der Waals surface area contributed by atoms with Crippen LogP contribution in [0.2, 0.25) is 0 Å². The van der Waals surface area contributed by atoms with E-state index in [1.54, 1.807) is 0 Å². The summed E-state index contributed by atoms with van der Waals surface area (Å²) in [5.41, 5.74) is 0. The van der Waals surface area contributed by atoms with Gasteiger partial charge in [0.1, 0.15) is 6.10 Å². The van der Waals surface area contributed by atoms with Gasteiger partial charge in [-0.2, -0.15) is 0 Å². The lowest BCUT2D eigenvalue weighted by molar-refractivity contribution is -0.147. The number of hydrogen-bond acceptors (Lipinski definition) is 4. The molecule has 0 bridgehead atoms. The van der Waals surface area contributed by atoms with Crippen molar-refractivity contribution in [2.75, 3.05) is 45.9 Å². The molecule has 3 rings (SSSR count). The van der Waals surface area contributed by atoms with E-state index in [9.17, 15) is 4.79 Å². The first-order chi connectivity index (χ1) is 10.2. The van der Waals surface area contributed by atoms with Crippen molar-refractivity contribution < 1.29 is 9.53 Å². The van der Waals surface area contributed by atoms with Crippen molar-refractivity contribution in [1.29, 1.82) is 0 Å². The maximum absolute atomic E-state index is 12.4. The zero-order valence-electron chi connectivity index (χ0n) is 14.0. The first-order valence-corrected chi connectivity index (χ1v) is 8.59. The van der Waals surface area contributed by atoms with E-state index < -0.39 is 0 Å². The monoisotopic (exact) mass is 367 g/mol. The average molecular weight is 368 g/mol. The van der Waals surface area contributed by atoms with Crippen LogP contribution in [0.25, 0.3) is 0 Å². The number of carbonyl (C=O) groups excluding carboxylic acids is 1. The highest BCUT2D eigenvalue weighted by Gasteiger charge is 2.32. The molecule has 23 heavy (non-hydrogen) atoms. The molecule has 0 spiro atoms. The Morgan fingerprint density at radius 2 is 1.70 bits per heavy atom. The SMILES string of the molecule is CC1CCC(N2CCN(C(=O)C3CNCCO3)CC2)CC1.Cl.Cl. The van der Waals surface area contributed by atoms with Crippen LogP contribution in [-0.2, 0) is 9.53 Å². The van der Waals surface area contributed by atoms with E-state index in [2.05, 4.69) is 17.1 Å². The highest BCUT2D eigenvalue weighted by atomic mass is 35.5. The van der Waals surface area contributed by atoms with Crippen LogP contribution in [-0.4, -0.2) is 73.7 Å². The number of morpholine rings is 1. The molecule has 1 amide bonds. The molecule has 2 heterocycles. The Balaban J connectivity index is 0.00000132. The van der Waals surface area contributed by atoms with Gasteiger partial charge in [0.15, 0.2) is 0 Å². The standard InChI is InChI=1S/C16H29N3O2.2ClH/c1-13-2-4-14(5-3-13)18-7-9-19(10-8-18)16(20)15-12-17-6-11-21-15;;/h13-15,17H,2-12H2,1H3;2*1H. The van der Waals surface area contributed by atoms with Crippen LogP contribution >= 0.6 is 24.8 Å². The van der Waals surface area contributed by atoms with E-state index in [1.165, 1.54) is 25.7 Å². The van der Waals surface area contributed by atoms with Crippen molar-refractivity contribution in [2.24, 2.45) is 5.92 Å². The summed E-state index contributed by atoms with van der Waals surface area (Å²) in [5, 5.41) is 3.24. The fraction of sp³-hybridized carbons (Fsp3) is 0.938. The minimum Gasteiger partial charge on any atom is -0.366 e. The van der Waals surface area contributed by atoms with Gasteiger partial charge in [0, 0.05) is 45.3 Å². The molecular weight excluding hydrogens is 337 g/mol. The van der Waals surface area contributed by atoms with Gasteiger partial charge in [-0.15, -0.1) is 24.8 Å². The Bertz CT molecular complexity index is 351. The fourth-order valence-electron chi connectivity index (χ4n) is 3.84. The number of piperazine rings is 1. The number of nitrogens with one attached hydrogen (secondary N) is 1. The molecule has 1 N–H and O–H groups in total. The third-order valence-electron chi connectivity index (χ3n) is 5.33. The lowest BCUT2D eigenvalue weighted by atomic mass is 9.86. The van der Waals surface area contributed by atoms with Crippen LogP contribution < -0.4 is 5.32 Å². The summed E-state index contributed by atoms with van der Waals surface area (Å²) in [7, 11) is 0. The van der Waals surface area contributed by atoms with Crippen molar-refractivity contribution in [3.05, 3.63) is 0 Å². The van der Waals surface area contributed by atoms with E-state index in [0.29, 0.717) is 13.2 Å². The Morgan fingerprint density at radius 1 is 1.04 bits per heavy atom. The van der Waals surface area contributed by atoms with E-state index in [-0.39, 0.29) is 36.8 Å². The summed E-state index contributed by atoms with van der Waals surface area (Å²) in [5.74, 6) is 1.08. The fourth-order valence-corrected chi connectivity index (χ4v) is 3.84. The molecule has 2 saturated heterocycles. The summed E-state index contributed by atoms with van der Waals surface area (Å²) >= 11 is 0. The van der Waals surface area contributed by atoms with Crippen LogP contribution in [0.1, 0.15) is 32.6 Å². The van der Waals surface area contributed by atoms with Gasteiger partial charge in [-0.05, 0) is 31.6 Å². The van der Waals surface area contributed by atoms with Gasteiger partial charge in [0.05, 0.1) is 6.61 Å². The first-order valence-electron chi connectivity index (χ1n) is 8.59. The first kappa shape index (κ1) is 21.0. The number of hydrogen-bond donors (Lipinski definition) is 1. The van der Waals surface area contributed by atoms with E-state index in [0.717, 1.165) is 44.7 Å². The molecule has 136 valence electrons. The van der Waals surface area contributed by atoms with Crippen molar-refractivity contribution in [2.45, 2.75) is 44.8 Å². The van der Waals surface area contributed by atoms with E-state index >= 15 is 0 Å². The molecule has 3 fully saturated rings. The quantitative estimate of drug-likeness (QED) is 0.803. The summed E-state index contributed by atoms with van der Waals surface area (Å²) in [6.45, 7) is 8.34. The van der Waals surface area contributed by atoms with E-state index in [1.807, 2.05) is 4.90 Å². The molecule has 7 heteroatoms. The Morgan fingerprint density at radius 3 is 2.26 bits per heavy atom. The predicted octanol–water partition coefficient (Wildman–Crippen LogP) is 1.54. The topological polar surface area (TPSA) is 44.8 Å². The minimum atomic E-state index is -0.263. The Kier molecular flexibility index (Phi) is 9.16. The summed E-state index contributed by atoms with van der Waals surface area (Å²) < 4.78 is 5.58. The van der Waals surface area contributed by atoms with E-state index in [4.69, 9.17) is 4.74 Å². The number of carbonyl (C=O) groups is 1. The molecule has 0 radical (unpaired) electrons. The van der Waals surface area contributed by atoms with Gasteiger partial charge in [-0.3, -0.25) is 9.69 Å². The van der Waals surface area contributed by atoms with Crippen LogP contribution in [0.3, 0.4) is 0 Å². The second-order valence-electron chi connectivity index (χ2n) is 6.84. The minimum absolute atomic E-state index is 0. The van der Waals surface area contributed by atoms with Crippen molar-refractivity contribution in [1.82, 2.24) is 15.1 Å². The largest absolute Gasteiger partial charge is 0.366 e. The lowest BCUT2D eigenvalue weighted by Crippen LogP contribution is -2.56. The highest BCUT2D eigenvalue weighted by molar-refractivity contribution is 5.85. The van der Waals surface area contributed by atoms with Gasteiger partial charge in [0.2, 0.25) is 0 Å². The molecule has 1 saturated carbocycles. The molecular formula is C16H31Cl2N3O2. The van der Waals surface area contributed by atoms with Gasteiger partial charge in [-0.25, -0.2) is 0 Å². The predicted molar refractivity (Wildman–Crippen MR) is 96.7 cm³/mol. The molecule has 0 aromatic rings. The van der Waals surface area contributed by atoms with Crippen LogP contribution in [0, 0.1) is 5.92 Å². The van der Waals surface area contributed by atoms with Gasteiger partial charge >= 0.3 is 0 Å². The van der Waals surface area contributed by atoms with Crippen molar-refractivity contribution >= 4 is 30.7 Å². The summed E-state index contributed by atoms with van der Waals surface area (Å²) in [4.78, 5) is 17.0. The Labute approximate surface area is 152 Å². The zero-order chi connectivity index (χ0) is 14.7. The van der Waals surface area contributed by atoms with Gasteiger partial charge < -0.3 is 15.0 Å². The summed E-state index contributed by atoms with van der Waals surface area (Å²) in [6, 6.07) is 0.756. The average Bonchev–Trinajstić information content (AvgIpc) is 2.56. The normalized spacial score (nSPS) is 32.6. The maximum atomic E-state index is 12.4. The molecule has 3 aliphatic rings. The molecule has 0 aromatic carbocycles. The second kappa shape index (κ2) is 10.0. The van der Waals surface area contributed by atoms with Crippen molar-refractivity contribution in [3.8, 4) is 0 Å². The number of nitrogens with zero attached hydrogens (tertiary/aromatic N) is 2. The Hall–Kier alpha value is -0.0700. The third kappa shape index (κ3) is 5.46. The molecule has 1 aliphatic carbocycles.